The molecule has 7 aliphatic heterocycles. The number of rotatable bonds is 10. The molecule has 20 heteroatoms. The van der Waals surface area contributed by atoms with Gasteiger partial charge in [0.05, 0.1) is 46.4 Å². The molecule has 3 N–H and O–H groups in total. The van der Waals surface area contributed by atoms with Crippen LogP contribution in [-0.4, -0.2) is 148 Å². The van der Waals surface area contributed by atoms with E-state index < -0.39 is 37.5 Å². The molecule has 13 rings (SSSR count). The SMILES string of the molecule is Cc1ccccc1[C@@H]1CN([C@@H]2CCCOC2)CCN1C1CC2(CCN(c3ccc(C(=O)NS(=O)(=O)c4cc5c(c([N+](=O)[O-])c4)N[C@H](C4CCOCC4)CO5)c(N4c5cc6cc[nH]c6nc5O[C@H]5COCC[C@@H]54)c3)CC2)C1. The van der Waals surface area contributed by atoms with E-state index in [1.165, 1.54) is 23.6 Å². The number of ether oxygens (including phenoxy) is 5. The van der Waals surface area contributed by atoms with Crippen molar-refractivity contribution in [3.8, 4) is 11.6 Å². The summed E-state index contributed by atoms with van der Waals surface area (Å²) in [4.78, 5) is 44.4. The number of piperidine rings is 1. The summed E-state index contributed by atoms with van der Waals surface area (Å²) in [6.07, 6.45) is 10.2. The molecule has 402 valence electrons. The number of carbonyl (C=O) groups excluding carboxylic acids is 1. The third-order valence-electron chi connectivity index (χ3n) is 18.1. The third kappa shape index (κ3) is 9.21. The molecule has 0 radical (unpaired) electrons. The minimum Gasteiger partial charge on any atom is -0.489 e. The van der Waals surface area contributed by atoms with E-state index in [2.05, 4.69) is 65.8 Å². The van der Waals surface area contributed by atoms with Gasteiger partial charge in [-0.1, -0.05) is 24.3 Å². The van der Waals surface area contributed by atoms with Gasteiger partial charge in [0.15, 0.2) is 11.4 Å². The van der Waals surface area contributed by atoms with Crippen LogP contribution in [0.2, 0.25) is 0 Å². The molecule has 9 heterocycles. The van der Waals surface area contributed by atoms with E-state index in [9.17, 15) is 23.3 Å². The number of amides is 1. The van der Waals surface area contributed by atoms with Gasteiger partial charge in [-0.25, -0.2) is 13.1 Å². The first-order valence-electron chi connectivity index (χ1n) is 27.4. The first-order valence-corrected chi connectivity index (χ1v) is 28.9. The van der Waals surface area contributed by atoms with Gasteiger partial charge in [-0.2, -0.15) is 4.98 Å². The molecule has 1 amide bonds. The Hall–Kier alpha value is -6.03. The minimum atomic E-state index is -4.70. The second-order valence-electron chi connectivity index (χ2n) is 22.4. The molecule has 1 saturated carbocycles. The van der Waals surface area contributed by atoms with Crippen LogP contribution in [0.25, 0.3) is 11.0 Å². The molecule has 5 aromatic rings. The fraction of sp³-hybridized carbons (Fsp3) is 0.536. The summed E-state index contributed by atoms with van der Waals surface area (Å²) in [5, 5.41) is 16.7. The normalized spacial score (nSPS) is 26.3. The lowest BCUT2D eigenvalue weighted by Gasteiger charge is -2.59. The number of nitro groups is 1. The van der Waals surface area contributed by atoms with Gasteiger partial charge in [-0.15, -0.1) is 0 Å². The van der Waals surface area contributed by atoms with Gasteiger partial charge in [-0.3, -0.25) is 24.7 Å². The highest BCUT2D eigenvalue weighted by atomic mass is 32.2. The van der Waals surface area contributed by atoms with Crippen molar-refractivity contribution in [1.29, 1.82) is 0 Å². The lowest BCUT2D eigenvalue weighted by atomic mass is 9.59. The van der Waals surface area contributed by atoms with Gasteiger partial charge < -0.3 is 43.8 Å². The average molecular weight is 1060 g/mol. The molecule has 1 aliphatic carbocycles. The number of nitro benzene ring substituents is 1. The number of piperazine rings is 1. The molecule has 76 heavy (non-hydrogen) atoms. The van der Waals surface area contributed by atoms with Crippen LogP contribution in [0.4, 0.5) is 28.4 Å². The fourth-order valence-corrected chi connectivity index (χ4v) is 14.9. The van der Waals surface area contributed by atoms with Crippen LogP contribution >= 0.6 is 0 Å². The van der Waals surface area contributed by atoms with Crippen molar-refractivity contribution < 1.29 is 41.8 Å². The number of aromatic nitrogens is 2. The Bertz CT molecular complexity index is 3130. The van der Waals surface area contributed by atoms with Gasteiger partial charge in [0.25, 0.3) is 21.6 Å². The van der Waals surface area contributed by atoms with Crippen molar-refractivity contribution in [3.63, 3.8) is 0 Å². The Morgan fingerprint density at radius 2 is 1.68 bits per heavy atom. The fourth-order valence-electron chi connectivity index (χ4n) is 13.9. The number of H-pyrrole nitrogens is 1. The molecule has 5 saturated heterocycles. The highest BCUT2D eigenvalue weighted by Crippen LogP contribution is 2.54. The van der Waals surface area contributed by atoms with Crippen LogP contribution < -0.4 is 29.3 Å². The van der Waals surface area contributed by atoms with Crippen molar-refractivity contribution in [2.75, 3.05) is 94.1 Å². The number of aromatic amines is 1. The highest BCUT2D eigenvalue weighted by Gasteiger charge is 2.51. The van der Waals surface area contributed by atoms with E-state index in [1.54, 1.807) is 6.07 Å². The summed E-state index contributed by atoms with van der Waals surface area (Å²) in [5.41, 5.74) is 5.50. The lowest BCUT2D eigenvalue weighted by molar-refractivity contribution is -0.384. The Morgan fingerprint density at radius 1 is 0.868 bits per heavy atom. The third-order valence-corrected chi connectivity index (χ3v) is 19.4. The molecule has 3 aromatic carbocycles. The minimum absolute atomic E-state index is 0.0326. The number of sulfonamides is 1. The maximum atomic E-state index is 14.9. The van der Waals surface area contributed by atoms with Crippen molar-refractivity contribution in [2.45, 2.75) is 106 Å². The van der Waals surface area contributed by atoms with Gasteiger partial charge in [-0.05, 0) is 118 Å². The monoisotopic (exact) mass is 1060 g/mol. The van der Waals surface area contributed by atoms with E-state index in [0.29, 0.717) is 73.9 Å². The van der Waals surface area contributed by atoms with E-state index in [4.69, 9.17) is 28.7 Å². The van der Waals surface area contributed by atoms with Gasteiger partial charge in [0.1, 0.15) is 24.0 Å². The van der Waals surface area contributed by atoms with Crippen LogP contribution in [0.3, 0.4) is 0 Å². The molecule has 6 fully saturated rings. The molecule has 0 unspecified atom stereocenters. The molecule has 5 atom stereocenters. The largest absolute Gasteiger partial charge is 0.489 e. The first-order chi connectivity index (χ1) is 37.0. The zero-order chi connectivity index (χ0) is 51.7. The summed E-state index contributed by atoms with van der Waals surface area (Å²) >= 11 is 0. The maximum Gasteiger partial charge on any atom is 0.297 e. The number of nitrogens with one attached hydrogen (secondary N) is 3. The number of benzene rings is 3. The van der Waals surface area contributed by atoms with Crippen molar-refractivity contribution >= 4 is 55.4 Å². The zero-order valence-electron chi connectivity index (χ0n) is 43.0. The van der Waals surface area contributed by atoms with E-state index >= 15 is 0 Å². The van der Waals surface area contributed by atoms with Crippen LogP contribution in [-0.2, 0) is 24.2 Å². The van der Waals surface area contributed by atoms with Crippen molar-refractivity contribution in [2.24, 2.45) is 11.3 Å². The van der Waals surface area contributed by atoms with Crippen LogP contribution in [0.5, 0.6) is 11.6 Å². The maximum absolute atomic E-state index is 14.9. The molecule has 19 nitrogen and oxygen atoms in total. The molecular weight excluding hydrogens is 991 g/mol. The van der Waals surface area contributed by atoms with E-state index in [-0.39, 0.29) is 47.0 Å². The number of carbonyl (C=O) groups is 1. The average Bonchev–Trinajstić information content (AvgIpc) is 3.97. The van der Waals surface area contributed by atoms with Crippen LogP contribution in [0.15, 0.2) is 77.8 Å². The van der Waals surface area contributed by atoms with Crippen LogP contribution in [0.1, 0.15) is 85.3 Å². The summed E-state index contributed by atoms with van der Waals surface area (Å²) < 4.78 is 61.1. The number of hydrogen-bond donors (Lipinski definition) is 3. The first kappa shape index (κ1) is 49.5. The quantitative estimate of drug-likeness (QED) is 0.0916. The Morgan fingerprint density at radius 3 is 2.49 bits per heavy atom. The molecule has 8 aliphatic rings. The summed E-state index contributed by atoms with van der Waals surface area (Å²) in [6.45, 7) is 10.9. The summed E-state index contributed by atoms with van der Waals surface area (Å²) in [5.74, 6) is -0.314. The highest BCUT2D eigenvalue weighted by molar-refractivity contribution is 7.90. The number of aryl methyl sites for hydroxylation is 1. The van der Waals surface area contributed by atoms with Gasteiger partial charge >= 0.3 is 0 Å². The van der Waals surface area contributed by atoms with Crippen molar-refractivity contribution in [1.82, 2.24) is 24.5 Å². The zero-order valence-corrected chi connectivity index (χ0v) is 43.8. The van der Waals surface area contributed by atoms with Gasteiger partial charge in [0, 0.05) is 107 Å². The smallest absolute Gasteiger partial charge is 0.297 e. The molecule has 2 aromatic heterocycles. The van der Waals surface area contributed by atoms with Gasteiger partial charge in [0.2, 0.25) is 5.88 Å². The summed E-state index contributed by atoms with van der Waals surface area (Å²) in [6, 6.07) is 21.5. The number of pyridine rings is 1. The Kier molecular flexibility index (Phi) is 13.1. The Balaban J connectivity index is 0.781. The van der Waals surface area contributed by atoms with Crippen molar-refractivity contribution in [3.05, 3.63) is 99.7 Å². The second-order valence-corrected chi connectivity index (χ2v) is 24.1. The molecule has 1 spiro atoms. The standard InChI is InChI=1S/C56H67N9O10S/c1-35-5-2-3-7-42(35)49-31-62(39-6-4-21-72-32-39)19-20-63(49)40-29-56(30-40)14-17-61(18-15-56)38-8-9-43(46(26-38)64-45-13-24-73-34-51(45)75-55-48(64)25-37-10-16-57-53(37)59-55)54(66)60-76(69,70)41-27-47(65(67)68)52-50(28-41)74-33-44(58-52)36-11-22-71-23-12-36/h2-3,5,7-10,16,25-28,36,39-40,44-45,49,51,58H,4,6,11-15,17-24,29-34H2,1H3,(H,57,59)(H,60,66)/t39-,44+,45+,49+,51+/m1/s1. The topological polar surface area (TPSA) is 206 Å². The number of anilines is 4. The number of nitrogens with zero attached hydrogens (tertiary/aromatic N) is 6. The number of fused-ring (bicyclic) bond motifs is 4. The predicted octanol–water partition coefficient (Wildman–Crippen LogP) is 7.47. The molecular formula is C56H67N9O10S. The second kappa shape index (κ2) is 20.1. The van der Waals surface area contributed by atoms with E-state index in [1.807, 2.05) is 30.5 Å². The van der Waals surface area contributed by atoms with Crippen LogP contribution in [0, 0.1) is 28.4 Å². The number of hydrogen-bond acceptors (Lipinski definition) is 16. The molecule has 0 bridgehead atoms. The Labute approximate surface area is 442 Å². The predicted molar refractivity (Wildman–Crippen MR) is 285 cm³/mol. The van der Waals surface area contributed by atoms with E-state index in [0.717, 1.165) is 108 Å². The lowest BCUT2D eigenvalue weighted by Crippen LogP contribution is -2.61. The summed E-state index contributed by atoms with van der Waals surface area (Å²) in [7, 11) is -4.70.